The summed E-state index contributed by atoms with van der Waals surface area (Å²) >= 11 is 0. The molecule has 0 aromatic carbocycles. The van der Waals surface area contributed by atoms with Crippen LogP contribution in [0.1, 0.15) is 40.5 Å². The van der Waals surface area contributed by atoms with Gasteiger partial charge in [-0.1, -0.05) is 26.0 Å². The van der Waals surface area contributed by atoms with Gasteiger partial charge < -0.3 is 5.32 Å². The van der Waals surface area contributed by atoms with Gasteiger partial charge in [0.05, 0.1) is 6.20 Å². The van der Waals surface area contributed by atoms with Crippen molar-refractivity contribution in [2.24, 2.45) is 5.41 Å². The lowest BCUT2D eigenvalue weighted by Crippen LogP contribution is -2.38. The average molecular weight is 224 g/mol. The van der Waals surface area contributed by atoms with E-state index < -0.39 is 0 Å². The summed E-state index contributed by atoms with van der Waals surface area (Å²) in [5.41, 5.74) is 0.339. The van der Waals surface area contributed by atoms with Crippen LogP contribution in [0.5, 0.6) is 0 Å². The summed E-state index contributed by atoms with van der Waals surface area (Å²) in [6, 6.07) is 0.555. The first-order chi connectivity index (χ1) is 7.50. The van der Waals surface area contributed by atoms with Gasteiger partial charge in [0.15, 0.2) is 0 Å². The zero-order valence-corrected chi connectivity index (χ0v) is 10.9. The Morgan fingerprint density at radius 3 is 2.62 bits per heavy atom. The molecule has 1 heterocycles. The van der Waals surface area contributed by atoms with Crippen LogP contribution in [-0.2, 0) is 6.54 Å². The van der Waals surface area contributed by atoms with Crippen LogP contribution in [0.3, 0.4) is 0 Å². The summed E-state index contributed by atoms with van der Waals surface area (Å²) in [7, 11) is 0. The van der Waals surface area contributed by atoms with Crippen molar-refractivity contribution in [3.63, 3.8) is 0 Å². The van der Waals surface area contributed by atoms with Crippen LogP contribution in [0.4, 0.5) is 0 Å². The van der Waals surface area contributed by atoms with E-state index in [4.69, 9.17) is 0 Å². The van der Waals surface area contributed by atoms with Crippen molar-refractivity contribution in [3.8, 4) is 0 Å². The molecule has 0 bridgehead atoms. The second-order valence-corrected chi connectivity index (χ2v) is 5.42. The van der Waals surface area contributed by atoms with E-state index in [0.29, 0.717) is 11.5 Å². The summed E-state index contributed by atoms with van der Waals surface area (Å²) in [5.74, 6) is 0. The topological polar surface area (TPSA) is 42.7 Å². The molecule has 0 fully saturated rings. The molecule has 1 rings (SSSR count). The van der Waals surface area contributed by atoms with Crippen LogP contribution in [0, 0.1) is 5.41 Å². The van der Waals surface area contributed by atoms with E-state index in [9.17, 15) is 0 Å². The molecule has 4 heteroatoms. The van der Waals surface area contributed by atoms with Gasteiger partial charge in [0.25, 0.3) is 0 Å². The van der Waals surface area contributed by atoms with Crippen molar-refractivity contribution >= 4 is 0 Å². The van der Waals surface area contributed by atoms with Crippen molar-refractivity contribution in [1.82, 2.24) is 20.3 Å². The van der Waals surface area contributed by atoms with Crippen LogP contribution >= 0.6 is 0 Å². The smallest absolute Gasteiger partial charge is 0.0692 e. The first-order valence-corrected chi connectivity index (χ1v) is 6.07. The summed E-state index contributed by atoms with van der Waals surface area (Å²) in [4.78, 5) is 0. The van der Waals surface area contributed by atoms with Gasteiger partial charge in [0.1, 0.15) is 0 Å². The molecule has 1 atom stereocenters. The van der Waals surface area contributed by atoms with Crippen molar-refractivity contribution in [1.29, 1.82) is 0 Å². The third-order valence-corrected chi connectivity index (χ3v) is 3.04. The second kappa shape index (κ2) is 5.99. The summed E-state index contributed by atoms with van der Waals surface area (Å²) in [5, 5.41) is 11.3. The molecule has 16 heavy (non-hydrogen) atoms. The van der Waals surface area contributed by atoms with Gasteiger partial charge in [-0.15, -0.1) is 5.10 Å². The van der Waals surface area contributed by atoms with Crippen LogP contribution in [0.2, 0.25) is 0 Å². The molecular weight excluding hydrogens is 200 g/mol. The Morgan fingerprint density at radius 1 is 1.31 bits per heavy atom. The average Bonchev–Trinajstić information content (AvgIpc) is 2.68. The third kappa shape index (κ3) is 4.75. The predicted octanol–water partition coefficient (Wildman–Crippen LogP) is 2.08. The van der Waals surface area contributed by atoms with E-state index in [-0.39, 0.29) is 0 Å². The van der Waals surface area contributed by atoms with Crippen LogP contribution in [-0.4, -0.2) is 27.6 Å². The zero-order chi connectivity index (χ0) is 12.0. The van der Waals surface area contributed by atoms with Gasteiger partial charge in [-0.2, -0.15) is 0 Å². The highest BCUT2D eigenvalue weighted by molar-refractivity contribution is 4.75. The molecule has 0 spiro atoms. The molecule has 92 valence electrons. The summed E-state index contributed by atoms with van der Waals surface area (Å²) in [6.07, 6.45) is 5.96. The largest absolute Gasteiger partial charge is 0.314 e. The number of rotatable bonds is 6. The number of hydrogen-bond acceptors (Lipinski definition) is 3. The molecule has 0 amide bonds. The molecule has 1 N–H and O–H groups in total. The van der Waals surface area contributed by atoms with Gasteiger partial charge in [-0.25, -0.2) is 0 Å². The zero-order valence-electron chi connectivity index (χ0n) is 10.9. The van der Waals surface area contributed by atoms with Crippen LogP contribution < -0.4 is 5.32 Å². The monoisotopic (exact) mass is 224 g/mol. The Balaban J connectivity index is 2.04. The Hall–Kier alpha value is -0.900. The fourth-order valence-electron chi connectivity index (χ4n) is 1.38. The van der Waals surface area contributed by atoms with E-state index in [1.165, 1.54) is 6.42 Å². The van der Waals surface area contributed by atoms with Crippen molar-refractivity contribution in [2.75, 3.05) is 6.54 Å². The highest BCUT2D eigenvalue weighted by atomic mass is 15.4. The minimum atomic E-state index is 0.339. The molecule has 1 unspecified atom stereocenters. The highest BCUT2D eigenvalue weighted by Gasteiger charge is 2.18. The summed E-state index contributed by atoms with van der Waals surface area (Å²) in [6.45, 7) is 11.1. The molecule has 0 saturated heterocycles. The van der Waals surface area contributed by atoms with Gasteiger partial charge in [-0.05, 0) is 31.7 Å². The first kappa shape index (κ1) is 13.2. The number of nitrogens with zero attached hydrogens (tertiary/aromatic N) is 3. The first-order valence-electron chi connectivity index (χ1n) is 6.07. The lowest BCUT2D eigenvalue weighted by Gasteiger charge is -2.28. The molecule has 1 aromatic heterocycles. The van der Waals surface area contributed by atoms with Gasteiger partial charge in [-0.3, -0.25) is 4.68 Å². The molecule has 0 aliphatic heterocycles. The molecule has 0 aliphatic carbocycles. The second-order valence-electron chi connectivity index (χ2n) is 5.42. The maximum Gasteiger partial charge on any atom is 0.0692 e. The fraction of sp³-hybridized carbons (Fsp3) is 0.833. The fourth-order valence-corrected chi connectivity index (χ4v) is 1.38. The highest BCUT2D eigenvalue weighted by Crippen LogP contribution is 2.18. The lowest BCUT2D eigenvalue weighted by molar-refractivity contribution is 0.284. The Bertz CT molecular complexity index is 274. The van der Waals surface area contributed by atoms with Crippen molar-refractivity contribution in [2.45, 2.75) is 53.1 Å². The SMILES string of the molecule is CC(NCCCCn1ccnn1)C(C)(C)C. The molecule has 4 nitrogen and oxygen atoms in total. The third-order valence-electron chi connectivity index (χ3n) is 3.04. The molecule has 0 radical (unpaired) electrons. The number of aromatic nitrogens is 3. The Kier molecular flexibility index (Phi) is 4.93. The van der Waals surface area contributed by atoms with Gasteiger partial charge in [0.2, 0.25) is 0 Å². The molecule has 0 aliphatic rings. The Morgan fingerprint density at radius 2 is 2.06 bits per heavy atom. The quantitative estimate of drug-likeness (QED) is 0.752. The van der Waals surface area contributed by atoms with E-state index in [2.05, 4.69) is 43.3 Å². The van der Waals surface area contributed by atoms with Crippen molar-refractivity contribution in [3.05, 3.63) is 12.4 Å². The number of hydrogen-bond donors (Lipinski definition) is 1. The van der Waals surface area contributed by atoms with Crippen LogP contribution in [0.25, 0.3) is 0 Å². The van der Waals surface area contributed by atoms with E-state index >= 15 is 0 Å². The van der Waals surface area contributed by atoms with Crippen molar-refractivity contribution < 1.29 is 0 Å². The Labute approximate surface area is 98.4 Å². The van der Waals surface area contributed by atoms with Crippen LogP contribution in [0.15, 0.2) is 12.4 Å². The maximum absolute atomic E-state index is 3.93. The predicted molar refractivity (Wildman–Crippen MR) is 66.2 cm³/mol. The standard InChI is InChI=1S/C12H24N4/c1-11(12(2,3)4)13-7-5-6-9-16-10-8-14-15-16/h8,10-11,13H,5-7,9H2,1-4H3. The number of nitrogens with one attached hydrogen (secondary N) is 1. The minimum Gasteiger partial charge on any atom is -0.314 e. The normalized spacial score (nSPS) is 14.0. The van der Waals surface area contributed by atoms with Gasteiger partial charge in [0, 0.05) is 18.8 Å². The molecule has 1 aromatic rings. The number of unbranched alkanes of at least 4 members (excludes halogenated alkanes) is 1. The van der Waals surface area contributed by atoms with Gasteiger partial charge >= 0.3 is 0 Å². The van der Waals surface area contributed by atoms with E-state index in [0.717, 1.165) is 19.5 Å². The summed E-state index contributed by atoms with van der Waals surface area (Å²) < 4.78 is 1.88. The molecule has 0 saturated carbocycles. The van der Waals surface area contributed by atoms with E-state index in [1.807, 2.05) is 10.9 Å². The molecular formula is C12H24N4. The lowest BCUT2D eigenvalue weighted by atomic mass is 9.88. The minimum absolute atomic E-state index is 0.339. The van der Waals surface area contributed by atoms with E-state index in [1.54, 1.807) is 6.20 Å². The number of aryl methyl sites for hydroxylation is 1. The maximum atomic E-state index is 3.93.